The number of anilines is 1. The second-order valence-electron chi connectivity index (χ2n) is 4.46. The van der Waals surface area contributed by atoms with Crippen molar-refractivity contribution in [2.45, 2.75) is 20.0 Å². The molecule has 0 spiro atoms. The summed E-state index contributed by atoms with van der Waals surface area (Å²) in [5, 5.41) is 13.9. The average molecular weight is 417 g/mol. The van der Waals surface area contributed by atoms with Crippen molar-refractivity contribution in [2.75, 3.05) is 5.73 Å². The van der Waals surface area contributed by atoms with Crippen LogP contribution in [0, 0.1) is 14.9 Å². The Morgan fingerprint density at radius 3 is 2.76 bits per heavy atom. The minimum Gasteiger partial charge on any atom is -0.484 e. The number of nitrogens with two attached hydrogens (primary N) is 1. The van der Waals surface area contributed by atoms with Crippen LogP contribution in [-0.4, -0.2) is 9.78 Å². The van der Waals surface area contributed by atoms with E-state index >= 15 is 0 Å². The maximum absolute atomic E-state index is 8.91. The lowest BCUT2D eigenvalue weighted by Crippen LogP contribution is -2.06. The third-order valence-electron chi connectivity index (χ3n) is 3.06. The summed E-state index contributed by atoms with van der Waals surface area (Å²) < 4.78 is 8.29. The van der Waals surface area contributed by atoms with Gasteiger partial charge in [-0.1, -0.05) is 18.5 Å². The highest BCUT2D eigenvalue weighted by Crippen LogP contribution is 2.31. The zero-order valence-corrected chi connectivity index (χ0v) is 14.6. The molecule has 0 radical (unpaired) electrons. The second-order valence-corrected chi connectivity index (χ2v) is 6.00. The molecule has 0 unspecified atom stereocenters. The molecule has 0 fully saturated rings. The van der Waals surface area contributed by atoms with Crippen molar-refractivity contribution in [1.82, 2.24) is 9.78 Å². The van der Waals surface area contributed by atoms with E-state index in [2.05, 4.69) is 33.8 Å². The van der Waals surface area contributed by atoms with Gasteiger partial charge in [-0.15, -0.1) is 0 Å². The first-order valence-corrected chi connectivity index (χ1v) is 7.75. The summed E-state index contributed by atoms with van der Waals surface area (Å²) in [6.45, 7) is 2.27. The summed E-state index contributed by atoms with van der Waals surface area (Å²) in [6.07, 6.45) is 0.767. The van der Waals surface area contributed by atoms with Gasteiger partial charge in [-0.3, -0.25) is 4.68 Å². The summed E-state index contributed by atoms with van der Waals surface area (Å²) >= 11 is 8.38. The van der Waals surface area contributed by atoms with Gasteiger partial charge < -0.3 is 10.5 Å². The van der Waals surface area contributed by atoms with Gasteiger partial charge in [-0.05, 0) is 41.1 Å². The van der Waals surface area contributed by atoms with Gasteiger partial charge in [0.25, 0.3) is 0 Å². The van der Waals surface area contributed by atoms with Crippen molar-refractivity contribution in [3.8, 4) is 11.8 Å². The van der Waals surface area contributed by atoms with Gasteiger partial charge in [-0.25, -0.2) is 0 Å². The maximum atomic E-state index is 8.91. The van der Waals surface area contributed by atoms with Crippen LogP contribution in [-0.2, 0) is 20.1 Å². The molecule has 1 heterocycles. The Hall–Kier alpha value is -1.46. The van der Waals surface area contributed by atoms with E-state index < -0.39 is 0 Å². The molecule has 0 atom stereocenters. The number of nitrogens with zero attached hydrogens (tertiary/aromatic N) is 3. The van der Waals surface area contributed by atoms with Crippen molar-refractivity contribution in [1.29, 1.82) is 5.26 Å². The van der Waals surface area contributed by atoms with Gasteiger partial charge in [0.2, 0.25) is 0 Å². The summed E-state index contributed by atoms with van der Waals surface area (Å²) in [5.41, 5.74) is 8.53. The van der Waals surface area contributed by atoms with Gasteiger partial charge >= 0.3 is 0 Å². The Balaban J connectivity index is 2.25. The zero-order valence-electron chi connectivity index (χ0n) is 11.7. The number of hydrogen-bond acceptors (Lipinski definition) is 4. The predicted molar refractivity (Wildman–Crippen MR) is 90.2 cm³/mol. The van der Waals surface area contributed by atoms with E-state index in [9.17, 15) is 0 Å². The van der Waals surface area contributed by atoms with E-state index in [1.54, 1.807) is 16.8 Å². The third-order valence-corrected chi connectivity index (χ3v) is 4.30. The van der Waals surface area contributed by atoms with Crippen LogP contribution >= 0.6 is 34.2 Å². The third kappa shape index (κ3) is 3.24. The molecule has 0 aliphatic rings. The van der Waals surface area contributed by atoms with E-state index in [0.717, 1.165) is 21.4 Å². The van der Waals surface area contributed by atoms with Crippen molar-refractivity contribution in [3.63, 3.8) is 0 Å². The molecule has 0 amide bonds. The largest absolute Gasteiger partial charge is 0.484 e. The normalized spacial score (nSPS) is 10.4. The smallest absolute Gasteiger partial charge is 0.156 e. The van der Waals surface area contributed by atoms with Crippen LogP contribution in [0.5, 0.6) is 5.75 Å². The fourth-order valence-corrected chi connectivity index (χ4v) is 3.10. The Labute approximate surface area is 141 Å². The summed E-state index contributed by atoms with van der Waals surface area (Å²) in [5.74, 6) is 0.560. The number of ether oxygens (including phenoxy) is 1. The highest BCUT2D eigenvalue weighted by molar-refractivity contribution is 14.1. The molecule has 0 bridgehead atoms. The summed E-state index contributed by atoms with van der Waals surface area (Å²) in [7, 11) is 1.83. The highest BCUT2D eigenvalue weighted by atomic mass is 127. The van der Waals surface area contributed by atoms with Crippen LogP contribution in [0.25, 0.3) is 0 Å². The fourth-order valence-electron chi connectivity index (χ4n) is 1.95. The standard InChI is InChI=1S/C14H14ClIN4O/c1-3-11-13(15)12(20(2)19-11)7-21-14-9(16)4-8(6-17)5-10(14)18/h4-5H,3,7,18H2,1-2H3. The topological polar surface area (TPSA) is 76.9 Å². The second kappa shape index (κ2) is 6.54. The Morgan fingerprint density at radius 2 is 2.24 bits per heavy atom. The maximum Gasteiger partial charge on any atom is 0.156 e. The van der Waals surface area contributed by atoms with Crippen LogP contribution in [0.1, 0.15) is 23.9 Å². The molecule has 0 saturated heterocycles. The number of benzene rings is 1. The van der Waals surface area contributed by atoms with E-state index in [-0.39, 0.29) is 6.61 Å². The molecule has 1 aromatic heterocycles. The number of nitriles is 1. The van der Waals surface area contributed by atoms with Crippen molar-refractivity contribution < 1.29 is 4.74 Å². The molecule has 7 heteroatoms. The molecular weight excluding hydrogens is 403 g/mol. The molecule has 0 aliphatic heterocycles. The molecule has 21 heavy (non-hydrogen) atoms. The minimum absolute atomic E-state index is 0.272. The molecule has 2 rings (SSSR count). The first kappa shape index (κ1) is 15.9. The Bertz CT molecular complexity index is 697. The SMILES string of the molecule is CCc1nn(C)c(COc2c(N)cc(C#N)cc2I)c1Cl. The molecular formula is C14H14ClIN4O. The van der Waals surface area contributed by atoms with Crippen LogP contribution < -0.4 is 10.5 Å². The minimum atomic E-state index is 0.272. The number of aromatic nitrogens is 2. The molecule has 0 saturated carbocycles. The van der Waals surface area contributed by atoms with Gasteiger partial charge in [0.1, 0.15) is 6.61 Å². The monoisotopic (exact) mass is 416 g/mol. The highest BCUT2D eigenvalue weighted by Gasteiger charge is 2.15. The van der Waals surface area contributed by atoms with Crippen molar-refractivity contribution >= 4 is 39.9 Å². The molecule has 5 nitrogen and oxygen atoms in total. The quantitative estimate of drug-likeness (QED) is 0.613. The average Bonchev–Trinajstić information content (AvgIpc) is 2.72. The first-order chi connectivity index (χ1) is 9.97. The lowest BCUT2D eigenvalue weighted by Gasteiger charge is -2.11. The molecule has 110 valence electrons. The lowest BCUT2D eigenvalue weighted by molar-refractivity contribution is 0.294. The van der Waals surface area contributed by atoms with Gasteiger partial charge in [-0.2, -0.15) is 10.4 Å². The molecule has 0 aliphatic carbocycles. The number of halogens is 2. The lowest BCUT2D eigenvalue weighted by atomic mass is 10.2. The molecule has 1 aromatic carbocycles. The van der Waals surface area contributed by atoms with Crippen LogP contribution in [0.4, 0.5) is 5.69 Å². The van der Waals surface area contributed by atoms with Gasteiger partial charge in [0, 0.05) is 7.05 Å². The Kier molecular flexibility index (Phi) is 4.96. The van der Waals surface area contributed by atoms with E-state index in [4.69, 9.17) is 27.3 Å². The van der Waals surface area contributed by atoms with Crippen molar-refractivity contribution in [3.05, 3.63) is 37.7 Å². The molecule has 2 N–H and O–H groups in total. The zero-order chi connectivity index (χ0) is 15.6. The first-order valence-electron chi connectivity index (χ1n) is 6.30. The fraction of sp³-hybridized carbons (Fsp3) is 0.286. The van der Waals surface area contributed by atoms with Crippen LogP contribution in [0.3, 0.4) is 0 Å². The van der Waals surface area contributed by atoms with E-state index in [1.807, 2.05) is 14.0 Å². The van der Waals surface area contributed by atoms with E-state index in [1.165, 1.54) is 0 Å². The summed E-state index contributed by atoms with van der Waals surface area (Å²) in [4.78, 5) is 0. The Morgan fingerprint density at radius 1 is 1.52 bits per heavy atom. The number of hydrogen-bond donors (Lipinski definition) is 1. The van der Waals surface area contributed by atoms with Gasteiger partial charge in [0.05, 0.1) is 37.3 Å². The van der Waals surface area contributed by atoms with Crippen LogP contribution in [0.15, 0.2) is 12.1 Å². The van der Waals surface area contributed by atoms with E-state index in [0.29, 0.717) is 22.0 Å². The predicted octanol–water partition coefficient (Wildman–Crippen LogP) is 3.27. The van der Waals surface area contributed by atoms with Crippen molar-refractivity contribution in [2.24, 2.45) is 7.05 Å². The number of nitrogen functional groups attached to an aromatic ring is 1. The number of rotatable bonds is 4. The molecule has 2 aromatic rings. The summed E-state index contributed by atoms with van der Waals surface area (Å²) in [6, 6.07) is 5.39. The van der Waals surface area contributed by atoms with Gasteiger partial charge in [0.15, 0.2) is 5.75 Å². The number of aryl methyl sites for hydroxylation is 2. The van der Waals surface area contributed by atoms with Crippen LogP contribution in [0.2, 0.25) is 5.02 Å².